The van der Waals surface area contributed by atoms with Crippen molar-refractivity contribution in [2.24, 2.45) is 0 Å². The molecule has 2 atom stereocenters. The third-order valence-corrected chi connectivity index (χ3v) is 3.23. The van der Waals surface area contributed by atoms with Crippen molar-refractivity contribution in [3.8, 4) is 12.3 Å². The van der Waals surface area contributed by atoms with E-state index in [9.17, 15) is 0 Å². The molecule has 0 amide bonds. The van der Waals surface area contributed by atoms with Gasteiger partial charge < -0.3 is 0 Å². The van der Waals surface area contributed by atoms with Crippen LogP contribution < -0.4 is 5.32 Å². The molecule has 0 fully saturated rings. The van der Waals surface area contributed by atoms with Crippen LogP contribution in [0, 0.1) is 12.3 Å². The van der Waals surface area contributed by atoms with Gasteiger partial charge in [-0.25, -0.2) is 0 Å². The van der Waals surface area contributed by atoms with Gasteiger partial charge in [-0.05, 0) is 18.4 Å². The summed E-state index contributed by atoms with van der Waals surface area (Å²) in [6, 6.07) is 11.2. The lowest BCUT2D eigenvalue weighted by molar-refractivity contribution is 0.436. The number of hydrogen-bond acceptors (Lipinski definition) is 1. The van der Waals surface area contributed by atoms with E-state index in [1.54, 1.807) is 0 Å². The molecule has 1 rings (SSSR count). The normalized spacial score (nSPS) is 13.8. The van der Waals surface area contributed by atoms with Crippen molar-refractivity contribution in [2.75, 3.05) is 0 Å². The molecule has 0 aliphatic carbocycles. The van der Waals surface area contributed by atoms with E-state index in [1.165, 1.54) is 18.4 Å². The lowest BCUT2D eigenvalue weighted by Crippen LogP contribution is -2.31. The highest BCUT2D eigenvalue weighted by molar-refractivity contribution is 5.19. The molecule has 0 spiro atoms. The van der Waals surface area contributed by atoms with Gasteiger partial charge in [0.2, 0.25) is 0 Å². The van der Waals surface area contributed by atoms with Crippen LogP contribution in [0.15, 0.2) is 30.3 Å². The topological polar surface area (TPSA) is 12.0 Å². The number of rotatable bonds is 8. The first-order chi connectivity index (χ1) is 8.81. The van der Waals surface area contributed by atoms with E-state index < -0.39 is 0 Å². The van der Waals surface area contributed by atoms with Crippen LogP contribution >= 0.6 is 0 Å². The van der Waals surface area contributed by atoms with Gasteiger partial charge >= 0.3 is 0 Å². The summed E-state index contributed by atoms with van der Waals surface area (Å²) in [6.45, 7) is 4.41. The minimum absolute atomic E-state index is 0.192. The summed E-state index contributed by atoms with van der Waals surface area (Å²) < 4.78 is 0. The molecule has 1 nitrogen and oxygen atoms in total. The van der Waals surface area contributed by atoms with Gasteiger partial charge in [0, 0.05) is 6.04 Å². The Bertz CT molecular complexity index is 350. The van der Waals surface area contributed by atoms with Crippen LogP contribution in [0.5, 0.6) is 0 Å². The van der Waals surface area contributed by atoms with Crippen molar-refractivity contribution >= 4 is 0 Å². The van der Waals surface area contributed by atoms with Crippen LogP contribution in [-0.2, 0) is 0 Å². The second-order valence-corrected chi connectivity index (χ2v) is 4.78. The highest BCUT2D eigenvalue weighted by atomic mass is 14.9. The van der Waals surface area contributed by atoms with E-state index in [2.05, 4.69) is 55.4 Å². The second kappa shape index (κ2) is 8.78. The minimum Gasteiger partial charge on any atom is -0.297 e. The summed E-state index contributed by atoms with van der Waals surface area (Å²) in [5, 5.41) is 3.62. The maximum absolute atomic E-state index is 5.60. The molecule has 0 heterocycles. The summed E-state index contributed by atoms with van der Waals surface area (Å²) in [6.07, 6.45) is 11.4. The first-order valence-electron chi connectivity index (χ1n) is 7.08. The molecule has 0 radical (unpaired) electrons. The first-order valence-corrected chi connectivity index (χ1v) is 7.08. The van der Waals surface area contributed by atoms with Gasteiger partial charge in [0.15, 0.2) is 0 Å². The lowest BCUT2D eigenvalue weighted by atomic mass is 9.99. The van der Waals surface area contributed by atoms with Gasteiger partial charge in [-0.3, -0.25) is 5.32 Å². The average Bonchev–Trinajstić information content (AvgIpc) is 2.43. The van der Waals surface area contributed by atoms with E-state index >= 15 is 0 Å². The van der Waals surface area contributed by atoms with Crippen LogP contribution in [0.25, 0.3) is 0 Å². The molecule has 2 unspecified atom stereocenters. The Morgan fingerprint density at radius 1 is 1.11 bits per heavy atom. The molecule has 0 saturated heterocycles. The van der Waals surface area contributed by atoms with E-state index in [0.29, 0.717) is 6.04 Å². The van der Waals surface area contributed by atoms with Crippen LogP contribution in [-0.4, -0.2) is 6.04 Å². The third-order valence-electron chi connectivity index (χ3n) is 3.23. The van der Waals surface area contributed by atoms with Crippen molar-refractivity contribution in [2.45, 2.75) is 58.0 Å². The fourth-order valence-corrected chi connectivity index (χ4v) is 2.19. The summed E-state index contributed by atoms with van der Waals surface area (Å²) in [5.74, 6) is 2.87. The predicted molar refractivity (Wildman–Crippen MR) is 79.4 cm³/mol. The number of terminal acetylenes is 1. The van der Waals surface area contributed by atoms with Gasteiger partial charge in [-0.1, -0.05) is 69.4 Å². The average molecular weight is 243 g/mol. The van der Waals surface area contributed by atoms with Gasteiger partial charge in [-0.2, -0.15) is 0 Å². The maximum Gasteiger partial charge on any atom is 0.0691 e. The quantitative estimate of drug-likeness (QED) is 0.671. The number of hydrogen-bond donors (Lipinski definition) is 1. The maximum atomic E-state index is 5.60. The largest absolute Gasteiger partial charge is 0.297 e. The molecule has 0 bridgehead atoms. The van der Waals surface area contributed by atoms with Crippen LogP contribution in [0.2, 0.25) is 0 Å². The smallest absolute Gasteiger partial charge is 0.0691 e. The SMILES string of the molecule is C#CC(CCC)NC(CCCC)c1ccccc1. The fraction of sp³-hybridized carbons (Fsp3) is 0.529. The van der Waals surface area contributed by atoms with Gasteiger partial charge in [0.25, 0.3) is 0 Å². The Kier molecular flexibility index (Phi) is 7.22. The van der Waals surface area contributed by atoms with Crippen LogP contribution in [0.4, 0.5) is 0 Å². The molecule has 0 aliphatic heterocycles. The zero-order valence-electron chi connectivity index (χ0n) is 11.7. The highest BCUT2D eigenvalue weighted by Crippen LogP contribution is 2.20. The number of benzene rings is 1. The van der Waals surface area contributed by atoms with E-state index in [1.807, 2.05) is 0 Å². The molecule has 1 N–H and O–H groups in total. The summed E-state index contributed by atoms with van der Waals surface area (Å²) in [4.78, 5) is 0. The van der Waals surface area contributed by atoms with Crippen molar-refractivity contribution in [1.29, 1.82) is 0 Å². The summed E-state index contributed by atoms with van der Waals surface area (Å²) in [7, 11) is 0. The molecular weight excluding hydrogens is 218 g/mol. The van der Waals surface area contributed by atoms with Crippen molar-refractivity contribution in [3.63, 3.8) is 0 Å². The van der Waals surface area contributed by atoms with Gasteiger partial charge in [0.05, 0.1) is 6.04 Å². The second-order valence-electron chi connectivity index (χ2n) is 4.78. The van der Waals surface area contributed by atoms with Gasteiger partial charge in [0.1, 0.15) is 0 Å². The fourth-order valence-electron chi connectivity index (χ4n) is 2.19. The highest BCUT2D eigenvalue weighted by Gasteiger charge is 2.14. The Morgan fingerprint density at radius 3 is 2.39 bits per heavy atom. The van der Waals surface area contributed by atoms with E-state index in [0.717, 1.165) is 19.3 Å². The first kappa shape index (κ1) is 14.8. The zero-order chi connectivity index (χ0) is 13.2. The van der Waals surface area contributed by atoms with E-state index in [4.69, 9.17) is 6.42 Å². The Hall–Kier alpha value is -1.26. The zero-order valence-corrected chi connectivity index (χ0v) is 11.7. The summed E-state index contributed by atoms with van der Waals surface area (Å²) in [5.41, 5.74) is 1.35. The molecule has 1 heteroatoms. The standard InChI is InChI=1S/C17H25N/c1-4-7-14-17(15-12-9-8-10-13-15)18-16(6-3)11-5-2/h3,8-10,12-13,16-18H,4-5,7,11,14H2,1-2H3. The summed E-state index contributed by atoms with van der Waals surface area (Å²) >= 11 is 0. The van der Waals surface area contributed by atoms with Crippen molar-refractivity contribution < 1.29 is 0 Å². The Labute approximate surface area is 112 Å². The molecule has 18 heavy (non-hydrogen) atoms. The lowest BCUT2D eigenvalue weighted by Gasteiger charge is -2.23. The molecule has 0 aromatic heterocycles. The molecule has 1 aromatic rings. The molecule has 0 aliphatic rings. The third kappa shape index (κ3) is 4.94. The number of unbranched alkanes of at least 4 members (excludes halogenated alkanes) is 1. The predicted octanol–water partition coefficient (Wildman–Crippen LogP) is 4.31. The Morgan fingerprint density at radius 2 is 1.83 bits per heavy atom. The monoisotopic (exact) mass is 243 g/mol. The van der Waals surface area contributed by atoms with Crippen LogP contribution in [0.3, 0.4) is 0 Å². The van der Waals surface area contributed by atoms with Crippen molar-refractivity contribution in [1.82, 2.24) is 5.32 Å². The molecule has 98 valence electrons. The number of nitrogens with one attached hydrogen (secondary N) is 1. The van der Waals surface area contributed by atoms with Crippen molar-refractivity contribution in [3.05, 3.63) is 35.9 Å². The molecular formula is C17H25N. The van der Waals surface area contributed by atoms with Gasteiger partial charge in [-0.15, -0.1) is 6.42 Å². The van der Waals surface area contributed by atoms with E-state index in [-0.39, 0.29) is 6.04 Å². The molecule has 0 saturated carbocycles. The minimum atomic E-state index is 0.192. The molecule has 1 aromatic carbocycles. The Balaban J connectivity index is 2.69. The van der Waals surface area contributed by atoms with Crippen LogP contribution in [0.1, 0.15) is 57.6 Å².